The van der Waals surface area contributed by atoms with Crippen molar-refractivity contribution >= 4 is 34.8 Å². The van der Waals surface area contributed by atoms with E-state index >= 15 is 0 Å². The second kappa shape index (κ2) is 6.79. The molecule has 2 aliphatic rings. The van der Waals surface area contributed by atoms with Crippen LogP contribution in [0.1, 0.15) is 58.3 Å². The summed E-state index contributed by atoms with van der Waals surface area (Å²) in [6.07, 6.45) is 0.350. The smallest absolute Gasteiger partial charge is 0.282 e. The standard InChI is InChI=1S/C19H15Cl2F2N3O/c1-26-8-13(17(25-26)18(22)23)19(27)24-14-4-2-3-10-9-5-6-11(16(10)14)12(9)7-15(20)21/h2-4,8-9,11,18H,5-6H2,1H3,(H,24,27). The Kier molecular flexibility index (Phi) is 4.58. The van der Waals surface area contributed by atoms with Gasteiger partial charge in [0, 0.05) is 30.8 Å². The Morgan fingerprint density at radius 1 is 1.33 bits per heavy atom. The number of nitrogens with one attached hydrogen (secondary N) is 1. The number of nitrogens with zero attached hydrogens (tertiary/aromatic N) is 2. The van der Waals surface area contributed by atoms with Gasteiger partial charge in [-0.3, -0.25) is 9.48 Å². The Hall–Kier alpha value is -2.14. The number of benzene rings is 1. The van der Waals surface area contributed by atoms with Gasteiger partial charge in [0.05, 0.1) is 5.56 Å². The molecule has 2 atom stereocenters. The fourth-order valence-electron chi connectivity index (χ4n) is 4.21. The minimum atomic E-state index is -2.82. The molecule has 2 aliphatic carbocycles. The summed E-state index contributed by atoms with van der Waals surface area (Å²) >= 11 is 11.6. The van der Waals surface area contributed by atoms with Gasteiger partial charge in [-0.1, -0.05) is 41.1 Å². The van der Waals surface area contributed by atoms with Crippen LogP contribution in [0.2, 0.25) is 0 Å². The van der Waals surface area contributed by atoms with Crippen LogP contribution in [0.3, 0.4) is 0 Å². The van der Waals surface area contributed by atoms with E-state index in [0.29, 0.717) is 5.69 Å². The monoisotopic (exact) mass is 409 g/mol. The van der Waals surface area contributed by atoms with Gasteiger partial charge in [0.2, 0.25) is 0 Å². The highest BCUT2D eigenvalue weighted by Crippen LogP contribution is 2.58. The first kappa shape index (κ1) is 18.2. The van der Waals surface area contributed by atoms with Crippen LogP contribution in [-0.4, -0.2) is 15.7 Å². The summed E-state index contributed by atoms with van der Waals surface area (Å²) < 4.78 is 27.6. The van der Waals surface area contributed by atoms with Crippen LogP contribution >= 0.6 is 23.2 Å². The lowest BCUT2D eigenvalue weighted by Crippen LogP contribution is -2.16. The normalized spacial score (nSPS) is 20.0. The summed E-state index contributed by atoms with van der Waals surface area (Å²) in [5.41, 5.74) is 6.08. The maximum Gasteiger partial charge on any atom is 0.282 e. The van der Waals surface area contributed by atoms with Crippen molar-refractivity contribution in [3.63, 3.8) is 0 Å². The SMILES string of the molecule is Cn1cc(C(=O)Nc2cccc3c2C2CCC3C2=C=C(Cl)Cl)c(C(F)F)n1. The highest BCUT2D eigenvalue weighted by molar-refractivity contribution is 6.55. The number of halogens is 4. The highest BCUT2D eigenvalue weighted by Gasteiger charge is 2.43. The van der Waals surface area contributed by atoms with E-state index in [0.717, 1.165) is 29.5 Å². The minimum Gasteiger partial charge on any atom is -0.322 e. The summed E-state index contributed by atoms with van der Waals surface area (Å²) in [4.78, 5) is 12.7. The Morgan fingerprint density at radius 2 is 2.07 bits per heavy atom. The minimum absolute atomic E-state index is 0.0671. The first-order chi connectivity index (χ1) is 12.9. The molecular formula is C19H15Cl2F2N3O. The van der Waals surface area contributed by atoms with Gasteiger partial charge in [0.1, 0.15) is 10.2 Å². The van der Waals surface area contributed by atoms with Gasteiger partial charge in [0.25, 0.3) is 12.3 Å². The molecule has 1 amide bonds. The molecule has 2 aromatic rings. The summed E-state index contributed by atoms with van der Waals surface area (Å²) in [6, 6.07) is 5.63. The number of anilines is 1. The molecule has 2 unspecified atom stereocenters. The van der Waals surface area contributed by atoms with Crippen molar-refractivity contribution < 1.29 is 13.6 Å². The fourth-order valence-corrected chi connectivity index (χ4v) is 4.43. The highest BCUT2D eigenvalue weighted by atomic mass is 35.5. The van der Waals surface area contributed by atoms with Crippen LogP contribution in [-0.2, 0) is 7.05 Å². The van der Waals surface area contributed by atoms with Crippen LogP contribution in [0.15, 0.2) is 40.2 Å². The van der Waals surface area contributed by atoms with Crippen LogP contribution in [0.4, 0.5) is 14.5 Å². The molecule has 0 saturated heterocycles. The van der Waals surface area contributed by atoms with Crippen molar-refractivity contribution in [2.24, 2.45) is 7.05 Å². The van der Waals surface area contributed by atoms with Crippen LogP contribution in [0, 0.1) is 0 Å². The number of fused-ring (bicyclic) bond motifs is 5. The van der Waals surface area contributed by atoms with Gasteiger partial charge >= 0.3 is 0 Å². The Balaban J connectivity index is 1.72. The third-order valence-corrected chi connectivity index (χ3v) is 5.34. The van der Waals surface area contributed by atoms with Crippen molar-refractivity contribution in [3.05, 3.63) is 62.6 Å². The first-order valence-corrected chi connectivity index (χ1v) is 9.20. The molecule has 2 bridgehead atoms. The fraction of sp³-hybridized carbons (Fsp3) is 0.316. The summed E-state index contributed by atoms with van der Waals surface area (Å²) in [7, 11) is 1.50. The molecule has 27 heavy (non-hydrogen) atoms. The summed E-state index contributed by atoms with van der Waals surface area (Å²) in [5.74, 6) is -0.368. The third kappa shape index (κ3) is 3.08. The lowest BCUT2D eigenvalue weighted by Gasteiger charge is -2.18. The second-order valence-corrected chi connectivity index (χ2v) is 7.64. The number of amides is 1. The van der Waals surface area contributed by atoms with Gasteiger partial charge in [-0.25, -0.2) is 8.78 Å². The van der Waals surface area contributed by atoms with Gasteiger partial charge in [-0.2, -0.15) is 5.10 Å². The first-order valence-electron chi connectivity index (χ1n) is 8.44. The van der Waals surface area contributed by atoms with Gasteiger partial charge in [-0.15, -0.1) is 0 Å². The van der Waals surface area contributed by atoms with Crippen LogP contribution in [0.5, 0.6) is 0 Å². The average molecular weight is 410 g/mol. The molecule has 1 heterocycles. The Morgan fingerprint density at radius 3 is 2.78 bits per heavy atom. The number of carbonyl (C=O) groups is 1. The number of hydrogen-bond donors (Lipinski definition) is 1. The number of alkyl halides is 2. The number of rotatable bonds is 3. The molecule has 4 rings (SSSR count). The van der Waals surface area contributed by atoms with E-state index < -0.39 is 18.0 Å². The largest absolute Gasteiger partial charge is 0.322 e. The maximum atomic E-state index is 13.2. The number of carbonyl (C=O) groups excluding carboxylic acids is 1. The molecule has 8 heteroatoms. The van der Waals surface area contributed by atoms with E-state index in [1.807, 2.05) is 12.1 Å². The number of hydrogen-bond acceptors (Lipinski definition) is 2. The second-order valence-electron chi connectivity index (χ2n) is 6.69. The third-order valence-electron chi connectivity index (χ3n) is 5.15. The predicted molar refractivity (Wildman–Crippen MR) is 99.5 cm³/mol. The zero-order valence-electron chi connectivity index (χ0n) is 14.3. The van der Waals surface area contributed by atoms with E-state index in [9.17, 15) is 13.6 Å². The zero-order chi connectivity index (χ0) is 19.3. The molecule has 4 nitrogen and oxygen atoms in total. The molecule has 140 valence electrons. The van der Waals surface area contributed by atoms with Gasteiger partial charge in [0.15, 0.2) is 0 Å². The predicted octanol–water partition coefficient (Wildman–Crippen LogP) is 5.43. The van der Waals surface area contributed by atoms with Crippen LogP contribution < -0.4 is 5.32 Å². The molecule has 0 radical (unpaired) electrons. The average Bonchev–Trinajstić information content (AvgIpc) is 3.26. The maximum absolute atomic E-state index is 13.2. The molecule has 1 fully saturated rings. The molecule has 1 saturated carbocycles. The van der Waals surface area contributed by atoms with Crippen molar-refractivity contribution in [2.75, 3.05) is 5.32 Å². The molecule has 1 aromatic heterocycles. The number of aryl methyl sites for hydroxylation is 1. The molecular weight excluding hydrogens is 395 g/mol. The van der Waals surface area contributed by atoms with E-state index in [1.54, 1.807) is 6.07 Å². The van der Waals surface area contributed by atoms with Crippen LogP contribution in [0.25, 0.3) is 0 Å². The topological polar surface area (TPSA) is 46.9 Å². The van der Waals surface area contributed by atoms with Gasteiger partial charge < -0.3 is 5.32 Å². The molecule has 0 spiro atoms. The van der Waals surface area contributed by atoms with Gasteiger partial charge in [-0.05, 0) is 35.6 Å². The lowest BCUT2D eigenvalue weighted by atomic mass is 9.90. The van der Waals surface area contributed by atoms with Crippen molar-refractivity contribution in [1.29, 1.82) is 0 Å². The zero-order valence-corrected chi connectivity index (χ0v) is 15.8. The molecule has 1 aromatic carbocycles. The van der Waals surface area contributed by atoms with E-state index in [4.69, 9.17) is 23.2 Å². The Labute approximate surface area is 164 Å². The molecule has 0 aliphatic heterocycles. The quantitative estimate of drug-likeness (QED) is 0.686. The van der Waals surface area contributed by atoms with Crippen molar-refractivity contribution in [1.82, 2.24) is 9.78 Å². The summed E-state index contributed by atoms with van der Waals surface area (Å²) in [5, 5.41) is 6.47. The van der Waals surface area contributed by atoms with E-state index in [-0.39, 0.29) is 21.9 Å². The summed E-state index contributed by atoms with van der Waals surface area (Å²) in [6.45, 7) is 0. The van der Waals surface area contributed by atoms with Crippen molar-refractivity contribution in [2.45, 2.75) is 31.1 Å². The Bertz CT molecular complexity index is 1000. The number of allylic oxidation sites excluding steroid dienone is 1. The number of aromatic nitrogens is 2. The lowest BCUT2D eigenvalue weighted by molar-refractivity contribution is 0.101. The molecule has 1 N–H and O–H groups in total. The van der Waals surface area contributed by atoms with E-state index in [2.05, 4.69) is 16.1 Å². The van der Waals surface area contributed by atoms with E-state index in [1.165, 1.54) is 17.9 Å². The van der Waals surface area contributed by atoms with Crippen molar-refractivity contribution in [3.8, 4) is 0 Å².